The predicted molar refractivity (Wildman–Crippen MR) is 99.0 cm³/mol. The van der Waals surface area contributed by atoms with Crippen LogP contribution in [0.3, 0.4) is 0 Å². The van der Waals surface area contributed by atoms with E-state index in [0.717, 1.165) is 12.0 Å². The summed E-state index contributed by atoms with van der Waals surface area (Å²) in [6, 6.07) is 5.53. The number of phenols is 1. The maximum absolute atomic E-state index is 10.8. The normalized spacial score (nSPS) is 15.4. The highest BCUT2D eigenvalue weighted by atomic mass is 16.5. The van der Waals surface area contributed by atoms with Gasteiger partial charge in [0.15, 0.2) is 23.0 Å². The molecule has 1 heterocycles. The zero-order chi connectivity index (χ0) is 19.6. The molecule has 1 unspecified atom stereocenters. The van der Waals surface area contributed by atoms with Crippen LogP contribution in [0.15, 0.2) is 18.2 Å². The third kappa shape index (κ3) is 3.13. The van der Waals surface area contributed by atoms with Gasteiger partial charge in [-0.2, -0.15) is 0 Å². The molecular weight excluding hydrogens is 352 g/mol. The van der Waals surface area contributed by atoms with E-state index in [1.165, 1.54) is 21.3 Å². The Labute approximate surface area is 158 Å². The van der Waals surface area contributed by atoms with Crippen LogP contribution in [0.25, 0.3) is 0 Å². The minimum absolute atomic E-state index is 0.0366. The van der Waals surface area contributed by atoms with Gasteiger partial charge in [-0.1, -0.05) is 6.07 Å². The fourth-order valence-corrected chi connectivity index (χ4v) is 3.38. The second kappa shape index (κ2) is 7.73. The Morgan fingerprint density at radius 3 is 2.11 bits per heavy atom. The smallest absolute Gasteiger partial charge is 0.207 e. The summed E-state index contributed by atoms with van der Waals surface area (Å²) >= 11 is 0. The molecule has 1 aliphatic heterocycles. The quantitative estimate of drug-likeness (QED) is 0.827. The van der Waals surface area contributed by atoms with Crippen molar-refractivity contribution in [1.29, 1.82) is 0 Å². The molecule has 0 aromatic heterocycles. The van der Waals surface area contributed by atoms with Crippen LogP contribution in [0.1, 0.15) is 23.7 Å². The number of methoxy groups -OCH3 is 5. The number of aryl methyl sites for hydroxylation is 1. The number of ether oxygens (including phenoxy) is 6. The van der Waals surface area contributed by atoms with Crippen molar-refractivity contribution in [3.8, 4) is 40.2 Å². The van der Waals surface area contributed by atoms with Gasteiger partial charge in [-0.25, -0.2) is 0 Å². The monoisotopic (exact) mass is 376 g/mol. The van der Waals surface area contributed by atoms with Crippen molar-refractivity contribution in [1.82, 2.24) is 0 Å². The molecule has 3 rings (SSSR count). The third-order valence-electron chi connectivity index (χ3n) is 4.70. The Morgan fingerprint density at radius 1 is 0.852 bits per heavy atom. The first-order valence-corrected chi connectivity index (χ1v) is 8.51. The minimum Gasteiger partial charge on any atom is -0.504 e. The van der Waals surface area contributed by atoms with E-state index in [9.17, 15) is 5.11 Å². The number of rotatable bonds is 6. The van der Waals surface area contributed by atoms with Crippen molar-refractivity contribution in [2.45, 2.75) is 18.9 Å². The second-order valence-electron chi connectivity index (χ2n) is 6.02. The summed E-state index contributed by atoms with van der Waals surface area (Å²) in [5.74, 6) is 2.69. The van der Waals surface area contributed by atoms with Crippen molar-refractivity contribution < 1.29 is 33.5 Å². The standard InChI is InChI=1S/C20H24O7/c1-22-14-9-7-11-6-8-13(27-17(11)18(14)24-3)12-10-15(23-2)19(25-4)20(26-5)16(12)21/h7,9-10,13,21H,6,8H2,1-5H3. The molecule has 1 atom stereocenters. The maximum Gasteiger partial charge on any atom is 0.207 e. The zero-order valence-corrected chi connectivity index (χ0v) is 16.1. The molecule has 1 N–H and O–H groups in total. The van der Waals surface area contributed by atoms with Crippen LogP contribution in [-0.4, -0.2) is 40.7 Å². The molecule has 0 fully saturated rings. The average Bonchev–Trinajstić information content (AvgIpc) is 2.71. The molecule has 0 aliphatic carbocycles. The summed E-state index contributed by atoms with van der Waals surface area (Å²) in [5.41, 5.74) is 1.58. The largest absolute Gasteiger partial charge is 0.504 e. The first kappa shape index (κ1) is 18.8. The molecule has 2 aromatic rings. The predicted octanol–water partition coefficient (Wildman–Crippen LogP) is 3.50. The van der Waals surface area contributed by atoms with Crippen LogP contribution < -0.4 is 28.4 Å². The fourth-order valence-electron chi connectivity index (χ4n) is 3.38. The summed E-state index contributed by atoms with van der Waals surface area (Å²) in [7, 11) is 7.64. The Kier molecular flexibility index (Phi) is 5.39. The van der Waals surface area contributed by atoms with Crippen LogP contribution >= 0.6 is 0 Å². The molecule has 146 valence electrons. The first-order valence-electron chi connectivity index (χ1n) is 8.51. The van der Waals surface area contributed by atoms with Crippen LogP contribution in [-0.2, 0) is 6.42 Å². The highest BCUT2D eigenvalue weighted by molar-refractivity contribution is 5.63. The number of aromatic hydroxyl groups is 1. The molecule has 0 saturated carbocycles. The summed E-state index contributed by atoms with van der Waals surface area (Å²) in [5, 5.41) is 10.8. The van der Waals surface area contributed by atoms with Gasteiger partial charge in [-0.05, 0) is 30.5 Å². The fraction of sp³-hybridized carbons (Fsp3) is 0.400. The minimum atomic E-state index is -0.410. The molecule has 2 aromatic carbocycles. The van der Waals surface area contributed by atoms with E-state index >= 15 is 0 Å². The molecule has 1 aliphatic rings. The van der Waals surface area contributed by atoms with E-state index in [2.05, 4.69) is 0 Å². The molecule has 27 heavy (non-hydrogen) atoms. The SMILES string of the molecule is COc1ccc2c(c1OC)OC(c1cc(OC)c(OC)c(OC)c1O)CC2. The van der Waals surface area contributed by atoms with Crippen molar-refractivity contribution in [3.05, 3.63) is 29.3 Å². The lowest BCUT2D eigenvalue weighted by molar-refractivity contribution is 0.162. The van der Waals surface area contributed by atoms with Gasteiger partial charge in [0, 0.05) is 5.56 Å². The van der Waals surface area contributed by atoms with Crippen molar-refractivity contribution in [3.63, 3.8) is 0 Å². The topological polar surface area (TPSA) is 75.6 Å². The lowest BCUT2D eigenvalue weighted by Gasteiger charge is -2.29. The maximum atomic E-state index is 10.8. The van der Waals surface area contributed by atoms with Gasteiger partial charge in [0.1, 0.15) is 6.10 Å². The number of fused-ring (bicyclic) bond motifs is 1. The lowest BCUT2D eigenvalue weighted by Crippen LogP contribution is -2.17. The van der Waals surface area contributed by atoms with E-state index in [0.29, 0.717) is 40.7 Å². The molecule has 0 saturated heterocycles. The van der Waals surface area contributed by atoms with Crippen LogP contribution in [0.2, 0.25) is 0 Å². The lowest BCUT2D eigenvalue weighted by atomic mass is 9.95. The first-order chi connectivity index (χ1) is 13.1. The number of benzene rings is 2. The van der Waals surface area contributed by atoms with Crippen LogP contribution in [0.5, 0.6) is 40.2 Å². The third-order valence-corrected chi connectivity index (χ3v) is 4.70. The summed E-state index contributed by atoms with van der Waals surface area (Å²) in [6.07, 6.45) is 1.03. The van der Waals surface area contributed by atoms with Gasteiger partial charge in [-0.15, -0.1) is 0 Å². The van der Waals surface area contributed by atoms with Crippen LogP contribution in [0.4, 0.5) is 0 Å². The number of phenolic OH excluding ortho intramolecular Hbond substituents is 1. The van der Waals surface area contributed by atoms with E-state index in [1.807, 2.05) is 12.1 Å². The van der Waals surface area contributed by atoms with Crippen molar-refractivity contribution in [2.24, 2.45) is 0 Å². The summed E-state index contributed by atoms with van der Waals surface area (Å²) in [6.45, 7) is 0. The Morgan fingerprint density at radius 2 is 1.52 bits per heavy atom. The molecule has 0 spiro atoms. The van der Waals surface area contributed by atoms with Gasteiger partial charge in [-0.3, -0.25) is 0 Å². The van der Waals surface area contributed by atoms with Crippen molar-refractivity contribution >= 4 is 0 Å². The van der Waals surface area contributed by atoms with Crippen LogP contribution in [0, 0.1) is 0 Å². The van der Waals surface area contributed by atoms with Crippen molar-refractivity contribution in [2.75, 3.05) is 35.5 Å². The zero-order valence-electron chi connectivity index (χ0n) is 16.1. The van der Waals surface area contributed by atoms with Gasteiger partial charge in [0.25, 0.3) is 0 Å². The molecule has 7 heteroatoms. The highest BCUT2D eigenvalue weighted by Crippen LogP contribution is 2.52. The average molecular weight is 376 g/mol. The van der Waals surface area contributed by atoms with Gasteiger partial charge in [0.2, 0.25) is 17.2 Å². The Balaban J connectivity index is 2.07. The highest BCUT2D eigenvalue weighted by Gasteiger charge is 2.31. The molecule has 7 nitrogen and oxygen atoms in total. The van der Waals surface area contributed by atoms with Gasteiger partial charge in [0.05, 0.1) is 35.5 Å². The number of hydrogen-bond donors (Lipinski definition) is 1. The second-order valence-corrected chi connectivity index (χ2v) is 6.02. The molecule has 0 radical (unpaired) electrons. The van der Waals surface area contributed by atoms with E-state index in [1.54, 1.807) is 20.3 Å². The summed E-state index contributed by atoms with van der Waals surface area (Å²) < 4.78 is 33.1. The molecule has 0 bridgehead atoms. The molecular formula is C20H24O7. The summed E-state index contributed by atoms with van der Waals surface area (Å²) in [4.78, 5) is 0. The van der Waals surface area contributed by atoms with E-state index < -0.39 is 6.10 Å². The van der Waals surface area contributed by atoms with E-state index in [4.69, 9.17) is 28.4 Å². The van der Waals surface area contributed by atoms with Gasteiger partial charge < -0.3 is 33.5 Å². The Bertz CT molecular complexity index is 832. The number of hydrogen-bond acceptors (Lipinski definition) is 7. The Hall–Kier alpha value is -2.96. The molecule has 0 amide bonds. The van der Waals surface area contributed by atoms with E-state index in [-0.39, 0.29) is 11.5 Å². The van der Waals surface area contributed by atoms with Gasteiger partial charge >= 0.3 is 0 Å².